The number of hydrogen-bond donors (Lipinski definition) is 1. The Morgan fingerprint density at radius 2 is 2.05 bits per heavy atom. The van der Waals surface area contributed by atoms with Crippen LogP contribution in [0.15, 0.2) is 0 Å². The predicted molar refractivity (Wildman–Crippen MR) is 78.5 cm³/mol. The average Bonchev–Trinajstić information content (AvgIpc) is 2.96. The van der Waals surface area contributed by atoms with Gasteiger partial charge < -0.3 is 9.47 Å². The second-order valence-corrected chi connectivity index (χ2v) is 6.01. The number of carbonyl (C=O) groups is 2. The fourth-order valence-corrected chi connectivity index (χ4v) is 2.62. The van der Waals surface area contributed by atoms with E-state index in [4.69, 9.17) is 9.47 Å². The van der Waals surface area contributed by atoms with Gasteiger partial charge in [0.2, 0.25) is 5.88 Å². The number of hydrogen-bond acceptors (Lipinski definition) is 6. The molecule has 1 aromatic rings. The Balaban J connectivity index is 2.11. The maximum atomic E-state index is 12.4. The van der Waals surface area contributed by atoms with Crippen LogP contribution in [0.4, 0.5) is 0 Å². The molecule has 1 aliphatic carbocycles. The number of ketones is 1. The summed E-state index contributed by atoms with van der Waals surface area (Å²) in [6, 6.07) is 0. The molecule has 0 bridgehead atoms. The molecule has 1 aromatic heterocycles. The molecule has 0 spiro atoms. The molecular weight excluding hydrogens is 286 g/mol. The van der Waals surface area contributed by atoms with Crippen molar-refractivity contribution in [1.82, 2.24) is 15.4 Å². The van der Waals surface area contributed by atoms with Crippen LogP contribution in [0.25, 0.3) is 0 Å². The molecule has 0 amide bonds. The quantitative estimate of drug-likeness (QED) is 0.808. The topological polar surface area (TPSA) is 94.2 Å². The normalized spacial score (nSPS) is 17.5. The summed E-state index contributed by atoms with van der Waals surface area (Å²) in [7, 11) is 0. The van der Waals surface area contributed by atoms with E-state index in [9.17, 15) is 9.59 Å². The van der Waals surface area contributed by atoms with E-state index in [0.717, 1.165) is 5.69 Å². The van der Waals surface area contributed by atoms with E-state index >= 15 is 0 Å². The minimum absolute atomic E-state index is 0.167. The van der Waals surface area contributed by atoms with Crippen LogP contribution in [-0.2, 0) is 14.3 Å². The number of aromatic amines is 1. The number of Topliss-reactive ketones (excluding diaryl/α,β-unsaturated/α-hetero) is 1. The fourth-order valence-electron chi connectivity index (χ4n) is 2.62. The molecule has 0 unspecified atom stereocenters. The molecule has 1 aliphatic rings. The van der Waals surface area contributed by atoms with Gasteiger partial charge in [-0.25, -0.2) is 5.10 Å². The van der Waals surface area contributed by atoms with E-state index in [-0.39, 0.29) is 24.3 Å². The fraction of sp³-hybridized carbons (Fsp3) is 0.733. The lowest BCUT2D eigenvalue weighted by Gasteiger charge is -2.33. The first-order valence-corrected chi connectivity index (χ1v) is 7.71. The minimum Gasteiger partial charge on any atom is -0.475 e. The number of esters is 1. The Kier molecular flexibility index (Phi) is 5.15. The Labute approximate surface area is 129 Å². The standard InChI is InChI=1S/C15H23N3O4/c1-4-21-14(20)15(7-5-11(19)6-8-15)9-22-13-12(10(2)3)16-18-17-13/h10H,4-9H2,1-3H3,(H,16,17,18). The van der Waals surface area contributed by atoms with E-state index < -0.39 is 5.41 Å². The predicted octanol–water partition coefficient (Wildman–Crippen LogP) is 2.00. The third-order valence-corrected chi connectivity index (χ3v) is 4.05. The number of nitrogens with one attached hydrogen (secondary N) is 1. The summed E-state index contributed by atoms with van der Waals surface area (Å²) in [6.07, 6.45) is 1.70. The Morgan fingerprint density at radius 3 is 2.64 bits per heavy atom. The van der Waals surface area contributed by atoms with Crippen molar-refractivity contribution in [1.29, 1.82) is 0 Å². The molecule has 22 heavy (non-hydrogen) atoms. The highest BCUT2D eigenvalue weighted by atomic mass is 16.5. The molecule has 0 atom stereocenters. The number of H-pyrrole nitrogens is 1. The number of nitrogens with zero attached hydrogens (tertiary/aromatic N) is 2. The molecule has 0 aliphatic heterocycles. The van der Waals surface area contributed by atoms with E-state index in [1.807, 2.05) is 13.8 Å². The van der Waals surface area contributed by atoms with Gasteiger partial charge in [0.05, 0.1) is 6.61 Å². The first-order valence-electron chi connectivity index (χ1n) is 7.71. The number of ether oxygens (including phenoxy) is 2. The monoisotopic (exact) mass is 309 g/mol. The van der Waals surface area contributed by atoms with Gasteiger partial charge in [0, 0.05) is 18.8 Å². The van der Waals surface area contributed by atoms with Gasteiger partial charge in [0.1, 0.15) is 23.5 Å². The minimum atomic E-state index is -0.761. The van der Waals surface area contributed by atoms with Gasteiger partial charge in [0.25, 0.3) is 0 Å². The van der Waals surface area contributed by atoms with Crippen LogP contribution in [-0.4, -0.2) is 40.4 Å². The number of aromatic nitrogens is 3. The van der Waals surface area contributed by atoms with Crippen molar-refractivity contribution < 1.29 is 19.1 Å². The van der Waals surface area contributed by atoms with Gasteiger partial charge in [-0.1, -0.05) is 19.1 Å². The molecule has 0 aromatic carbocycles. The average molecular weight is 309 g/mol. The Bertz CT molecular complexity index is 529. The summed E-state index contributed by atoms with van der Waals surface area (Å²) in [4.78, 5) is 23.8. The van der Waals surface area contributed by atoms with Crippen LogP contribution in [0.5, 0.6) is 5.88 Å². The zero-order valence-corrected chi connectivity index (χ0v) is 13.3. The van der Waals surface area contributed by atoms with Gasteiger partial charge in [0.15, 0.2) is 0 Å². The first kappa shape index (κ1) is 16.5. The summed E-state index contributed by atoms with van der Waals surface area (Å²) < 4.78 is 11.0. The molecule has 0 radical (unpaired) electrons. The van der Waals surface area contributed by atoms with E-state index in [1.165, 1.54) is 0 Å². The van der Waals surface area contributed by atoms with Gasteiger partial charge in [-0.05, 0) is 19.8 Å². The lowest BCUT2D eigenvalue weighted by molar-refractivity contribution is -0.160. The smallest absolute Gasteiger partial charge is 0.315 e. The third kappa shape index (κ3) is 3.45. The zero-order chi connectivity index (χ0) is 16.2. The van der Waals surface area contributed by atoms with Gasteiger partial charge in [-0.15, -0.1) is 5.10 Å². The second kappa shape index (κ2) is 6.89. The summed E-state index contributed by atoms with van der Waals surface area (Å²) in [5, 5.41) is 10.5. The van der Waals surface area contributed by atoms with Crippen molar-refractivity contribution in [2.75, 3.05) is 13.2 Å². The van der Waals surface area contributed by atoms with Crippen LogP contribution in [0.2, 0.25) is 0 Å². The lowest BCUT2D eigenvalue weighted by atomic mass is 9.74. The van der Waals surface area contributed by atoms with E-state index in [0.29, 0.717) is 38.2 Å². The Hall–Kier alpha value is -1.92. The molecule has 1 fully saturated rings. The molecule has 1 N–H and O–H groups in total. The number of carbonyl (C=O) groups excluding carboxylic acids is 2. The van der Waals surface area contributed by atoms with Crippen molar-refractivity contribution in [2.45, 2.75) is 52.4 Å². The van der Waals surface area contributed by atoms with Gasteiger partial charge in [-0.3, -0.25) is 9.59 Å². The molecule has 7 heteroatoms. The highest BCUT2D eigenvalue weighted by Gasteiger charge is 2.44. The van der Waals surface area contributed by atoms with Crippen LogP contribution in [0.1, 0.15) is 58.1 Å². The molecule has 2 rings (SSSR count). The maximum absolute atomic E-state index is 12.4. The molecule has 1 heterocycles. The van der Waals surface area contributed by atoms with Crippen LogP contribution >= 0.6 is 0 Å². The summed E-state index contributed by atoms with van der Waals surface area (Å²) in [5.41, 5.74) is -0.0330. The lowest BCUT2D eigenvalue weighted by Crippen LogP contribution is -2.42. The maximum Gasteiger partial charge on any atom is 0.315 e. The SMILES string of the molecule is CCOC(=O)C1(COc2[nH]nnc2C(C)C)CCC(=O)CC1. The molecular formula is C15H23N3O4. The zero-order valence-electron chi connectivity index (χ0n) is 13.3. The van der Waals surface area contributed by atoms with Crippen molar-refractivity contribution in [3.05, 3.63) is 5.69 Å². The van der Waals surface area contributed by atoms with E-state index in [2.05, 4.69) is 15.4 Å². The highest BCUT2D eigenvalue weighted by Crippen LogP contribution is 2.37. The third-order valence-electron chi connectivity index (χ3n) is 4.05. The summed E-state index contributed by atoms with van der Waals surface area (Å²) in [6.45, 7) is 6.24. The molecule has 122 valence electrons. The summed E-state index contributed by atoms with van der Waals surface area (Å²) >= 11 is 0. The van der Waals surface area contributed by atoms with Crippen LogP contribution in [0.3, 0.4) is 0 Å². The second-order valence-electron chi connectivity index (χ2n) is 6.01. The van der Waals surface area contributed by atoms with Crippen LogP contribution in [0, 0.1) is 5.41 Å². The van der Waals surface area contributed by atoms with Crippen LogP contribution < -0.4 is 4.74 Å². The first-order chi connectivity index (χ1) is 10.5. The van der Waals surface area contributed by atoms with E-state index in [1.54, 1.807) is 6.92 Å². The van der Waals surface area contributed by atoms with Crippen molar-refractivity contribution in [3.8, 4) is 5.88 Å². The number of rotatable bonds is 6. The molecule has 1 saturated carbocycles. The van der Waals surface area contributed by atoms with Crippen molar-refractivity contribution in [2.24, 2.45) is 5.41 Å². The summed E-state index contributed by atoms with van der Waals surface area (Å²) in [5.74, 6) is 0.544. The van der Waals surface area contributed by atoms with Gasteiger partial charge in [-0.2, -0.15) is 0 Å². The van der Waals surface area contributed by atoms with Crippen molar-refractivity contribution >= 4 is 11.8 Å². The Morgan fingerprint density at radius 1 is 1.36 bits per heavy atom. The van der Waals surface area contributed by atoms with Crippen molar-refractivity contribution in [3.63, 3.8) is 0 Å². The van der Waals surface area contributed by atoms with Gasteiger partial charge >= 0.3 is 5.97 Å². The highest BCUT2D eigenvalue weighted by molar-refractivity contribution is 5.84. The molecule has 7 nitrogen and oxygen atoms in total. The molecule has 0 saturated heterocycles. The largest absolute Gasteiger partial charge is 0.475 e.